The lowest BCUT2D eigenvalue weighted by Crippen LogP contribution is -2.90. The Morgan fingerprint density at radius 3 is 2.47 bits per heavy atom. The summed E-state index contributed by atoms with van der Waals surface area (Å²) in [5.74, 6) is -0.948. The number of nitrogens with zero attached hydrogens (tertiary/aromatic N) is 2. The first-order valence-electron chi connectivity index (χ1n) is 9.85. The second-order valence-corrected chi connectivity index (χ2v) is 8.01. The van der Waals surface area contributed by atoms with E-state index in [1.165, 1.54) is 0 Å². The number of rotatable bonds is 4. The predicted molar refractivity (Wildman–Crippen MR) is 105 cm³/mol. The number of nitriles is 2. The summed E-state index contributed by atoms with van der Waals surface area (Å²) in [7, 11) is 0. The van der Waals surface area contributed by atoms with Crippen LogP contribution in [0.4, 0.5) is 0 Å². The second-order valence-electron chi connectivity index (χ2n) is 8.01. The van der Waals surface area contributed by atoms with Crippen molar-refractivity contribution in [3.05, 3.63) is 65.7 Å². The molecule has 2 aliphatic heterocycles. The molecule has 30 heavy (non-hydrogen) atoms. The first-order chi connectivity index (χ1) is 14.5. The van der Waals surface area contributed by atoms with Crippen LogP contribution in [0, 0.1) is 33.5 Å². The average molecular weight is 401 g/mol. The highest BCUT2D eigenvalue weighted by Gasteiger charge is 2.97. The average Bonchev–Trinajstić information content (AvgIpc) is 3.16. The molecule has 0 aromatic heterocycles. The lowest BCUT2D eigenvalue weighted by atomic mass is 9.94. The van der Waals surface area contributed by atoms with Crippen molar-refractivity contribution in [2.24, 2.45) is 16.6 Å². The van der Waals surface area contributed by atoms with E-state index in [2.05, 4.69) is 17.1 Å². The Morgan fingerprint density at radius 2 is 1.87 bits per heavy atom. The molecule has 5 rings (SSSR count). The van der Waals surface area contributed by atoms with Gasteiger partial charge in [-0.05, 0) is 30.2 Å². The van der Waals surface area contributed by atoms with E-state index in [0.29, 0.717) is 19.0 Å². The number of amidine groups is 1. The zero-order valence-corrected chi connectivity index (χ0v) is 16.5. The van der Waals surface area contributed by atoms with Crippen LogP contribution in [0.5, 0.6) is 5.75 Å². The Hall–Kier alpha value is -3.39. The molecule has 2 aromatic rings. The first kappa shape index (κ1) is 18.6. The van der Waals surface area contributed by atoms with Gasteiger partial charge in [-0.3, -0.25) is 5.73 Å². The normalized spacial score (nSPS) is 35.9. The van der Waals surface area contributed by atoms with Crippen LogP contribution in [-0.4, -0.2) is 24.5 Å². The van der Waals surface area contributed by atoms with Crippen LogP contribution in [0.15, 0.2) is 54.6 Å². The smallest absolute Gasteiger partial charge is 0.343 e. The highest BCUT2D eigenvalue weighted by Crippen LogP contribution is 2.79. The Kier molecular flexibility index (Phi) is 3.91. The molecule has 3 aliphatic rings. The summed E-state index contributed by atoms with van der Waals surface area (Å²) in [6.45, 7) is 2.64. The molecule has 3 N–H and O–H groups in total. The van der Waals surface area contributed by atoms with Gasteiger partial charge in [-0.25, -0.2) is 4.99 Å². The summed E-state index contributed by atoms with van der Waals surface area (Å²) in [6, 6.07) is 22.0. The highest BCUT2D eigenvalue weighted by atomic mass is 16.8. The summed E-state index contributed by atoms with van der Waals surface area (Å²) < 4.78 is 17.7. The lowest BCUT2D eigenvalue weighted by molar-refractivity contribution is -0.677. The highest BCUT2D eigenvalue weighted by molar-refractivity contribution is 5.95. The van der Waals surface area contributed by atoms with Crippen molar-refractivity contribution in [3.63, 3.8) is 0 Å². The van der Waals surface area contributed by atoms with Gasteiger partial charge in [0.2, 0.25) is 0 Å². The van der Waals surface area contributed by atoms with Gasteiger partial charge in [-0.15, -0.1) is 0 Å². The first-order valence-corrected chi connectivity index (χ1v) is 9.85. The van der Waals surface area contributed by atoms with Crippen LogP contribution in [0.25, 0.3) is 0 Å². The van der Waals surface area contributed by atoms with Crippen molar-refractivity contribution in [1.29, 1.82) is 10.5 Å². The third-order valence-electron chi connectivity index (χ3n) is 6.35. The van der Waals surface area contributed by atoms with E-state index >= 15 is 0 Å². The topological polar surface area (TPSA) is 115 Å². The molecule has 5 atom stereocenters. The Labute approximate surface area is 174 Å². The quantitative estimate of drug-likeness (QED) is 0.787. The van der Waals surface area contributed by atoms with Gasteiger partial charge in [0.1, 0.15) is 12.4 Å². The Balaban J connectivity index is 1.44. The molecular formula is C23H21N4O3+. The predicted octanol–water partition coefficient (Wildman–Crippen LogP) is 0.923. The fourth-order valence-electron chi connectivity index (χ4n) is 4.96. The molecule has 0 bridgehead atoms. The maximum atomic E-state index is 10.2. The van der Waals surface area contributed by atoms with E-state index in [4.69, 9.17) is 19.9 Å². The van der Waals surface area contributed by atoms with Crippen LogP contribution >= 0.6 is 0 Å². The van der Waals surface area contributed by atoms with Crippen molar-refractivity contribution >= 4 is 5.84 Å². The van der Waals surface area contributed by atoms with Crippen molar-refractivity contribution in [3.8, 4) is 17.9 Å². The number of nitrogens with two attached hydrogens (primary N) is 1. The lowest BCUT2D eigenvalue weighted by Gasteiger charge is -2.24. The standard InChI is InChI=1S/C23H20N4O3/c1-15-11-29-23(30-15)22(14-25)19(21(22,13-24)20(26)27-23)17-7-9-18(10-8-17)28-12-16-5-3-2-4-6-16/h2-10,15,19H,11-12H2,1H3,(H2,26,27)/p+1/t15-,19-,21-,22-,23+/m1/s1. The van der Waals surface area contributed by atoms with Crippen molar-refractivity contribution < 1.29 is 19.2 Å². The fraction of sp³-hybridized carbons (Fsp3) is 0.348. The van der Waals surface area contributed by atoms with Gasteiger partial charge in [-0.2, -0.15) is 10.5 Å². The van der Waals surface area contributed by atoms with Gasteiger partial charge < -0.3 is 14.2 Å². The van der Waals surface area contributed by atoms with Crippen LogP contribution in [0.1, 0.15) is 24.0 Å². The molecule has 0 unspecified atom stereocenters. The number of nitrogens with one attached hydrogen (secondary N) is 1. The summed E-state index contributed by atoms with van der Waals surface area (Å²) in [5, 5.41) is 20.3. The monoisotopic (exact) mass is 401 g/mol. The van der Waals surface area contributed by atoms with E-state index in [1.54, 1.807) is 0 Å². The molecule has 150 valence electrons. The van der Waals surface area contributed by atoms with E-state index in [9.17, 15) is 10.5 Å². The second kappa shape index (κ2) is 6.30. The van der Waals surface area contributed by atoms with Crippen molar-refractivity contribution in [2.75, 3.05) is 6.61 Å². The number of fused-ring (bicyclic) bond motifs is 2. The molecule has 1 spiro atoms. The summed E-state index contributed by atoms with van der Waals surface area (Å²) in [4.78, 5) is 2.97. The maximum Gasteiger partial charge on any atom is 0.343 e. The molecule has 2 fully saturated rings. The van der Waals surface area contributed by atoms with Gasteiger partial charge in [0.05, 0.1) is 24.8 Å². The number of ether oxygens (including phenoxy) is 3. The van der Waals surface area contributed by atoms with Crippen LogP contribution in [0.2, 0.25) is 0 Å². The zero-order valence-electron chi connectivity index (χ0n) is 16.5. The molecule has 2 aromatic carbocycles. The molecule has 1 saturated heterocycles. The molecule has 0 amide bonds. The maximum absolute atomic E-state index is 10.2. The fourth-order valence-corrected chi connectivity index (χ4v) is 4.96. The van der Waals surface area contributed by atoms with Crippen molar-refractivity contribution in [2.45, 2.75) is 31.5 Å². The number of benzene rings is 2. The Morgan fingerprint density at radius 1 is 1.13 bits per heavy atom. The van der Waals surface area contributed by atoms with Crippen LogP contribution in [-0.2, 0) is 16.1 Å². The minimum atomic E-state index is -1.41. The number of hydrogen-bond donors (Lipinski definition) is 2. The summed E-state index contributed by atoms with van der Waals surface area (Å²) >= 11 is 0. The minimum Gasteiger partial charge on any atom is -0.489 e. The largest absolute Gasteiger partial charge is 0.489 e. The minimum absolute atomic E-state index is 0.208. The molecule has 0 radical (unpaired) electrons. The zero-order chi connectivity index (χ0) is 21.0. The third kappa shape index (κ3) is 2.16. The Bertz CT molecular complexity index is 1100. The molecule has 7 nitrogen and oxygen atoms in total. The molecule has 7 heteroatoms. The van der Waals surface area contributed by atoms with Gasteiger partial charge in [0.25, 0.3) is 5.84 Å². The molecule has 1 saturated carbocycles. The molecular weight excluding hydrogens is 380 g/mol. The van der Waals surface area contributed by atoms with E-state index in [-0.39, 0.29) is 11.9 Å². The van der Waals surface area contributed by atoms with Gasteiger partial charge in [0.15, 0.2) is 10.8 Å². The van der Waals surface area contributed by atoms with E-state index in [1.807, 2.05) is 61.5 Å². The third-order valence-corrected chi connectivity index (χ3v) is 6.35. The van der Waals surface area contributed by atoms with Crippen molar-refractivity contribution in [1.82, 2.24) is 0 Å². The van der Waals surface area contributed by atoms with E-state index < -0.39 is 22.7 Å². The van der Waals surface area contributed by atoms with Gasteiger partial charge >= 0.3 is 5.91 Å². The number of hydrogen-bond acceptors (Lipinski definition) is 6. The SMILES string of the molecule is C[C@@H]1CO[C@]2([NH+]=C(N)[C@@]3(C#N)[C@@H](c4ccc(OCc5ccccc5)cc4)[C@@]23C#N)O1. The molecule has 1 aliphatic carbocycles. The van der Waals surface area contributed by atoms with E-state index in [0.717, 1.165) is 11.1 Å². The summed E-state index contributed by atoms with van der Waals surface area (Å²) in [5.41, 5.74) is 5.67. The van der Waals surface area contributed by atoms with Crippen LogP contribution in [0.3, 0.4) is 0 Å². The molecule has 2 heterocycles. The van der Waals surface area contributed by atoms with Gasteiger partial charge in [-0.1, -0.05) is 42.5 Å². The van der Waals surface area contributed by atoms with Gasteiger partial charge in [0, 0.05) is 5.92 Å². The van der Waals surface area contributed by atoms with Crippen LogP contribution < -0.4 is 15.5 Å². The summed E-state index contributed by atoms with van der Waals surface area (Å²) in [6.07, 6.45) is -0.208.